The molecule has 0 amide bonds. The van der Waals surface area contributed by atoms with Gasteiger partial charge in [0.2, 0.25) is 0 Å². The summed E-state index contributed by atoms with van der Waals surface area (Å²) < 4.78 is 19.5. The number of aliphatic imine (C=N–C) groups is 1. The zero-order chi connectivity index (χ0) is 16.7. The summed E-state index contributed by atoms with van der Waals surface area (Å²) in [5, 5.41) is 3.01. The lowest BCUT2D eigenvalue weighted by atomic mass is 10.2. The monoisotopic (exact) mass is 316 g/mol. The second kappa shape index (κ2) is 8.12. The van der Waals surface area contributed by atoms with Crippen LogP contribution in [-0.4, -0.2) is 17.5 Å². The van der Waals surface area contributed by atoms with Crippen molar-refractivity contribution in [3.05, 3.63) is 54.1 Å². The molecule has 2 rings (SSSR count). The number of nitrogens with two attached hydrogens (primary N) is 1. The number of hydrogen-bond donors (Lipinski definition) is 2. The van der Waals surface area contributed by atoms with Gasteiger partial charge in [-0.1, -0.05) is 19.9 Å². The molecule has 23 heavy (non-hydrogen) atoms. The summed E-state index contributed by atoms with van der Waals surface area (Å²) in [4.78, 5) is 8.11. The number of hydrogen-bond acceptors (Lipinski definition) is 3. The molecule has 0 spiro atoms. The molecular formula is C17H21FN4O. The van der Waals surface area contributed by atoms with Crippen LogP contribution in [0.2, 0.25) is 0 Å². The molecule has 6 heteroatoms. The number of benzene rings is 1. The lowest BCUT2D eigenvalue weighted by molar-refractivity contribution is 0.440. The van der Waals surface area contributed by atoms with Crippen LogP contribution in [0, 0.1) is 11.7 Å². The van der Waals surface area contributed by atoms with Crippen molar-refractivity contribution >= 4 is 5.96 Å². The fourth-order valence-corrected chi connectivity index (χ4v) is 1.80. The fourth-order valence-electron chi connectivity index (χ4n) is 1.80. The van der Waals surface area contributed by atoms with Crippen molar-refractivity contribution in [2.45, 2.75) is 20.4 Å². The Hall–Kier alpha value is -2.63. The summed E-state index contributed by atoms with van der Waals surface area (Å²) in [5.41, 5.74) is 6.47. The maximum atomic E-state index is 14.1. The molecule has 0 radical (unpaired) electrons. The normalized spacial score (nSPS) is 11.6. The summed E-state index contributed by atoms with van der Waals surface area (Å²) in [6.45, 7) is 5.22. The standard InChI is InChI=1S/C17H21FN4O/c1-12(2)9-21-17(19)22-10-13-5-6-16(15(18)8-13)23-14-4-3-7-20-11-14/h3-8,11-12H,9-10H2,1-2H3,(H3,19,21,22). The van der Waals surface area contributed by atoms with Crippen molar-refractivity contribution in [3.8, 4) is 11.5 Å². The molecule has 0 atom stereocenters. The molecule has 0 fully saturated rings. The van der Waals surface area contributed by atoms with Gasteiger partial charge in [-0.3, -0.25) is 4.98 Å². The van der Waals surface area contributed by atoms with E-state index in [0.29, 0.717) is 24.2 Å². The molecule has 0 aliphatic carbocycles. The number of aromatic nitrogens is 1. The molecule has 5 nitrogen and oxygen atoms in total. The third-order valence-electron chi connectivity index (χ3n) is 2.98. The smallest absolute Gasteiger partial charge is 0.188 e. The van der Waals surface area contributed by atoms with Crippen molar-refractivity contribution in [2.75, 3.05) is 6.54 Å². The number of ether oxygens (including phenoxy) is 1. The summed E-state index contributed by atoms with van der Waals surface area (Å²) in [6, 6.07) is 8.17. The minimum atomic E-state index is -0.449. The first-order valence-corrected chi connectivity index (χ1v) is 7.44. The van der Waals surface area contributed by atoms with E-state index in [1.807, 2.05) is 0 Å². The lowest BCUT2D eigenvalue weighted by Crippen LogP contribution is -2.34. The van der Waals surface area contributed by atoms with E-state index in [-0.39, 0.29) is 5.75 Å². The van der Waals surface area contributed by atoms with Crippen molar-refractivity contribution in [1.29, 1.82) is 0 Å². The molecule has 122 valence electrons. The van der Waals surface area contributed by atoms with E-state index < -0.39 is 5.82 Å². The van der Waals surface area contributed by atoms with Gasteiger partial charge in [-0.2, -0.15) is 0 Å². The van der Waals surface area contributed by atoms with Crippen LogP contribution in [0.4, 0.5) is 4.39 Å². The SMILES string of the molecule is CC(C)CNC(N)=NCc1ccc(Oc2cccnc2)c(F)c1. The number of guanidine groups is 1. The third kappa shape index (κ3) is 5.58. The maximum Gasteiger partial charge on any atom is 0.188 e. The van der Waals surface area contributed by atoms with E-state index in [1.54, 1.807) is 30.5 Å². The second-order valence-corrected chi connectivity index (χ2v) is 5.53. The van der Waals surface area contributed by atoms with E-state index in [1.165, 1.54) is 12.3 Å². The predicted octanol–water partition coefficient (Wildman–Crippen LogP) is 3.07. The minimum Gasteiger partial charge on any atom is -0.453 e. The zero-order valence-electron chi connectivity index (χ0n) is 13.3. The number of rotatable bonds is 6. The first-order chi connectivity index (χ1) is 11.0. The molecule has 0 saturated heterocycles. The van der Waals surface area contributed by atoms with Crippen LogP contribution in [0.15, 0.2) is 47.7 Å². The van der Waals surface area contributed by atoms with Gasteiger partial charge < -0.3 is 15.8 Å². The third-order valence-corrected chi connectivity index (χ3v) is 2.98. The number of halogens is 1. The largest absolute Gasteiger partial charge is 0.453 e. The van der Waals surface area contributed by atoms with Gasteiger partial charge >= 0.3 is 0 Å². The van der Waals surface area contributed by atoms with Crippen LogP contribution >= 0.6 is 0 Å². The van der Waals surface area contributed by atoms with Crippen molar-refractivity contribution in [3.63, 3.8) is 0 Å². The highest BCUT2D eigenvalue weighted by Crippen LogP contribution is 2.24. The average molecular weight is 316 g/mol. The van der Waals surface area contributed by atoms with E-state index in [9.17, 15) is 4.39 Å². The Kier molecular flexibility index (Phi) is 5.91. The molecule has 0 aliphatic rings. The van der Waals surface area contributed by atoms with Crippen LogP contribution in [0.1, 0.15) is 19.4 Å². The maximum absolute atomic E-state index is 14.1. The van der Waals surface area contributed by atoms with Crippen molar-refractivity contribution in [1.82, 2.24) is 10.3 Å². The molecule has 2 aromatic rings. The predicted molar refractivity (Wildman–Crippen MR) is 88.9 cm³/mol. The van der Waals surface area contributed by atoms with E-state index in [4.69, 9.17) is 10.5 Å². The molecule has 3 N–H and O–H groups in total. The van der Waals surface area contributed by atoms with E-state index >= 15 is 0 Å². The first kappa shape index (κ1) is 16.7. The molecule has 0 bridgehead atoms. The van der Waals surface area contributed by atoms with Gasteiger partial charge in [-0.25, -0.2) is 9.38 Å². The van der Waals surface area contributed by atoms with Gasteiger partial charge in [0.25, 0.3) is 0 Å². The van der Waals surface area contributed by atoms with Gasteiger partial charge in [0.05, 0.1) is 12.7 Å². The average Bonchev–Trinajstić information content (AvgIpc) is 2.54. The highest BCUT2D eigenvalue weighted by molar-refractivity contribution is 5.77. The molecule has 1 aromatic carbocycles. The number of nitrogens with one attached hydrogen (secondary N) is 1. The van der Waals surface area contributed by atoms with Gasteiger partial charge in [-0.15, -0.1) is 0 Å². The molecule has 0 unspecified atom stereocenters. The van der Waals surface area contributed by atoms with Crippen LogP contribution in [-0.2, 0) is 6.54 Å². The second-order valence-electron chi connectivity index (χ2n) is 5.53. The quantitative estimate of drug-likeness (QED) is 0.634. The summed E-state index contributed by atoms with van der Waals surface area (Å²) >= 11 is 0. The number of nitrogens with zero attached hydrogens (tertiary/aromatic N) is 2. The van der Waals surface area contributed by atoms with Crippen LogP contribution < -0.4 is 15.8 Å². The van der Waals surface area contributed by atoms with Crippen LogP contribution in [0.25, 0.3) is 0 Å². The molecular weight excluding hydrogens is 295 g/mol. The number of pyridine rings is 1. The van der Waals surface area contributed by atoms with Crippen molar-refractivity contribution < 1.29 is 9.13 Å². The summed E-state index contributed by atoms with van der Waals surface area (Å²) in [6.07, 6.45) is 3.15. The van der Waals surface area contributed by atoms with Crippen LogP contribution in [0.5, 0.6) is 11.5 Å². The first-order valence-electron chi connectivity index (χ1n) is 7.44. The zero-order valence-corrected chi connectivity index (χ0v) is 13.3. The topological polar surface area (TPSA) is 72.5 Å². The van der Waals surface area contributed by atoms with Gasteiger partial charge in [0, 0.05) is 12.7 Å². The highest BCUT2D eigenvalue weighted by atomic mass is 19.1. The Morgan fingerprint density at radius 2 is 2.22 bits per heavy atom. The summed E-state index contributed by atoms with van der Waals surface area (Å²) in [7, 11) is 0. The molecule has 1 heterocycles. The molecule has 0 aliphatic heterocycles. The lowest BCUT2D eigenvalue weighted by Gasteiger charge is -2.09. The van der Waals surface area contributed by atoms with E-state index in [2.05, 4.69) is 29.1 Å². The minimum absolute atomic E-state index is 0.150. The van der Waals surface area contributed by atoms with E-state index in [0.717, 1.165) is 12.1 Å². The highest BCUT2D eigenvalue weighted by Gasteiger charge is 2.06. The fraction of sp³-hybridized carbons (Fsp3) is 0.294. The Labute approximate surface area is 135 Å². The summed E-state index contributed by atoms with van der Waals surface area (Å²) in [5.74, 6) is 1.02. The molecule has 0 saturated carbocycles. The van der Waals surface area contributed by atoms with Gasteiger partial charge in [-0.05, 0) is 35.7 Å². The Balaban J connectivity index is 1.97. The Bertz CT molecular complexity index is 659. The van der Waals surface area contributed by atoms with Crippen molar-refractivity contribution in [2.24, 2.45) is 16.6 Å². The molecule has 1 aromatic heterocycles. The van der Waals surface area contributed by atoms with Gasteiger partial charge in [0.15, 0.2) is 17.5 Å². The van der Waals surface area contributed by atoms with Gasteiger partial charge in [0.1, 0.15) is 5.75 Å². The van der Waals surface area contributed by atoms with Crippen LogP contribution in [0.3, 0.4) is 0 Å². The Morgan fingerprint density at radius 1 is 1.39 bits per heavy atom. The Morgan fingerprint density at radius 3 is 2.87 bits per heavy atom.